The Bertz CT molecular complexity index is 421. The van der Waals surface area contributed by atoms with E-state index in [1.807, 2.05) is 4.90 Å². The minimum Gasteiger partial charge on any atom is -0.385 e. The van der Waals surface area contributed by atoms with Gasteiger partial charge in [0.05, 0.1) is 6.54 Å². The number of hydrogen-bond acceptors (Lipinski definition) is 3. The third-order valence-electron chi connectivity index (χ3n) is 3.22. The Morgan fingerprint density at radius 2 is 1.85 bits per heavy atom. The van der Waals surface area contributed by atoms with Gasteiger partial charge in [0.25, 0.3) is 0 Å². The highest BCUT2D eigenvalue weighted by molar-refractivity contribution is 5.79. The lowest BCUT2D eigenvalue weighted by molar-refractivity contribution is -0.116. The molecule has 0 unspecified atom stereocenters. The molecule has 2 N–H and O–H groups in total. The lowest BCUT2D eigenvalue weighted by atomic mass is 9.87. The minimum atomic E-state index is -0.317. The third kappa shape index (κ3) is 5.21. The maximum Gasteiger partial charge on any atom is 0.236 e. The minimum absolute atomic E-state index is 0.128. The molecule has 0 saturated heterocycles. The second-order valence-electron chi connectivity index (χ2n) is 6.03. The lowest BCUT2D eigenvalue weighted by Gasteiger charge is -2.25. The van der Waals surface area contributed by atoms with Gasteiger partial charge in [-0.15, -0.1) is 0 Å². The fourth-order valence-corrected chi connectivity index (χ4v) is 2.06. The Kier molecular flexibility index (Phi) is 6.02. The predicted octanol–water partition coefficient (Wildman–Crippen LogP) is 2.31. The van der Waals surface area contributed by atoms with E-state index < -0.39 is 0 Å². The Labute approximate surface area is 121 Å². The molecule has 0 fully saturated rings. The highest BCUT2D eigenvalue weighted by Gasteiger charge is 2.14. The number of ether oxygens (including phenoxy) is 1. The number of nitrogens with zero attached hydrogens (tertiary/aromatic N) is 1. The van der Waals surface area contributed by atoms with E-state index in [9.17, 15) is 4.79 Å². The molecule has 0 aliphatic heterocycles. The second-order valence-corrected chi connectivity index (χ2v) is 6.03. The first kappa shape index (κ1) is 16.5. The first-order valence-electron chi connectivity index (χ1n) is 6.97. The van der Waals surface area contributed by atoms with E-state index in [-0.39, 0.29) is 17.9 Å². The van der Waals surface area contributed by atoms with Crippen LogP contribution in [0.1, 0.15) is 32.8 Å². The SMILES string of the molecule is COCCCN(CC(N)=O)c1ccc(C(C)(C)C)cc1. The number of anilines is 1. The van der Waals surface area contributed by atoms with Gasteiger partial charge in [-0.25, -0.2) is 0 Å². The van der Waals surface area contributed by atoms with E-state index in [2.05, 4.69) is 45.0 Å². The van der Waals surface area contributed by atoms with Crippen molar-refractivity contribution in [3.8, 4) is 0 Å². The zero-order valence-corrected chi connectivity index (χ0v) is 13.0. The molecule has 0 atom stereocenters. The summed E-state index contributed by atoms with van der Waals surface area (Å²) in [5, 5.41) is 0. The summed E-state index contributed by atoms with van der Waals surface area (Å²) in [6.45, 7) is 8.21. The average molecular weight is 278 g/mol. The number of methoxy groups -OCH3 is 1. The molecule has 1 amide bonds. The zero-order valence-electron chi connectivity index (χ0n) is 13.0. The number of nitrogens with two attached hydrogens (primary N) is 1. The summed E-state index contributed by atoms with van der Waals surface area (Å²) in [7, 11) is 1.68. The zero-order chi connectivity index (χ0) is 15.2. The monoisotopic (exact) mass is 278 g/mol. The van der Waals surface area contributed by atoms with Crippen LogP contribution < -0.4 is 10.6 Å². The molecule has 4 nitrogen and oxygen atoms in total. The van der Waals surface area contributed by atoms with Gasteiger partial charge < -0.3 is 15.4 Å². The van der Waals surface area contributed by atoms with Gasteiger partial charge in [0, 0.05) is 25.9 Å². The summed E-state index contributed by atoms with van der Waals surface area (Å²) in [5.41, 5.74) is 7.75. The molecule has 1 aromatic carbocycles. The van der Waals surface area contributed by atoms with E-state index in [4.69, 9.17) is 10.5 Å². The van der Waals surface area contributed by atoms with Gasteiger partial charge in [0.1, 0.15) is 0 Å². The Balaban J connectivity index is 2.81. The second kappa shape index (κ2) is 7.29. The number of amides is 1. The molecule has 0 saturated carbocycles. The third-order valence-corrected chi connectivity index (χ3v) is 3.22. The Morgan fingerprint density at radius 1 is 1.25 bits per heavy atom. The quantitative estimate of drug-likeness (QED) is 0.779. The van der Waals surface area contributed by atoms with Crippen LogP contribution in [0.3, 0.4) is 0 Å². The van der Waals surface area contributed by atoms with Crippen molar-refractivity contribution in [1.82, 2.24) is 0 Å². The van der Waals surface area contributed by atoms with E-state index in [0.29, 0.717) is 6.61 Å². The van der Waals surface area contributed by atoms with Crippen molar-refractivity contribution in [2.24, 2.45) is 5.73 Å². The lowest BCUT2D eigenvalue weighted by Crippen LogP contribution is -2.35. The number of carbonyl (C=O) groups excluding carboxylic acids is 1. The molecular weight excluding hydrogens is 252 g/mol. The number of rotatable bonds is 7. The van der Waals surface area contributed by atoms with Crippen LogP contribution in [-0.2, 0) is 14.9 Å². The normalized spacial score (nSPS) is 11.4. The first-order chi connectivity index (χ1) is 9.34. The molecule has 0 spiro atoms. The van der Waals surface area contributed by atoms with Crippen LogP contribution in [0.5, 0.6) is 0 Å². The van der Waals surface area contributed by atoms with Gasteiger partial charge >= 0.3 is 0 Å². The number of primary amides is 1. The summed E-state index contributed by atoms with van der Waals surface area (Å²) >= 11 is 0. The molecule has 0 heterocycles. The average Bonchev–Trinajstić information content (AvgIpc) is 2.36. The number of hydrogen-bond donors (Lipinski definition) is 1. The Morgan fingerprint density at radius 3 is 2.30 bits per heavy atom. The van der Waals surface area contributed by atoms with Crippen LogP contribution in [0.15, 0.2) is 24.3 Å². The molecule has 0 aliphatic rings. The molecule has 1 aromatic rings. The highest BCUT2D eigenvalue weighted by atomic mass is 16.5. The van der Waals surface area contributed by atoms with Crippen LogP contribution in [0.4, 0.5) is 5.69 Å². The van der Waals surface area contributed by atoms with E-state index in [1.165, 1.54) is 5.56 Å². The van der Waals surface area contributed by atoms with Gasteiger partial charge in [-0.05, 0) is 29.5 Å². The summed E-state index contributed by atoms with van der Waals surface area (Å²) in [4.78, 5) is 13.2. The van der Waals surface area contributed by atoms with E-state index in [1.54, 1.807) is 7.11 Å². The van der Waals surface area contributed by atoms with Crippen LogP contribution >= 0.6 is 0 Å². The number of benzene rings is 1. The van der Waals surface area contributed by atoms with Gasteiger partial charge in [-0.3, -0.25) is 4.79 Å². The van der Waals surface area contributed by atoms with Crippen molar-refractivity contribution in [3.63, 3.8) is 0 Å². The van der Waals surface area contributed by atoms with E-state index in [0.717, 1.165) is 18.7 Å². The fraction of sp³-hybridized carbons (Fsp3) is 0.562. The maximum absolute atomic E-state index is 11.2. The molecule has 20 heavy (non-hydrogen) atoms. The standard InChI is InChI=1S/C16H26N2O2/c1-16(2,3)13-6-8-14(9-7-13)18(12-15(17)19)10-5-11-20-4/h6-9H,5,10-12H2,1-4H3,(H2,17,19). The topological polar surface area (TPSA) is 55.6 Å². The molecular formula is C16H26N2O2. The van der Waals surface area contributed by atoms with Crippen LogP contribution in [0, 0.1) is 0 Å². The first-order valence-corrected chi connectivity index (χ1v) is 6.97. The Hall–Kier alpha value is -1.55. The summed E-state index contributed by atoms with van der Waals surface area (Å²) in [6.07, 6.45) is 0.866. The van der Waals surface area contributed by atoms with Crippen molar-refractivity contribution in [2.75, 3.05) is 31.7 Å². The smallest absolute Gasteiger partial charge is 0.236 e. The highest BCUT2D eigenvalue weighted by Crippen LogP contribution is 2.24. The van der Waals surface area contributed by atoms with Gasteiger partial charge in [0.2, 0.25) is 5.91 Å². The summed E-state index contributed by atoms with van der Waals surface area (Å²) in [5.74, 6) is -0.317. The number of carbonyl (C=O) groups is 1. The molecule has 0 aliphatic carbocycles. The molecule has 0 radical (unpaired) electrons. The summed E-state index contributed by atoms with van der Waals surface area (Å²) in [6, 6.07) is 8.33. The maximum atomic E-state index is 11.2. The van der Waals surface area contributed by atoms with Crippen LogP contribution in [-0.4, -0.2) is 32.7 Å². The van der Waals surface area contributed by atoms with Gasteiger partial charge in [-0.1, -0.05) is 32.9 Å². The van der Waals surface area contributed by atoms with Gasteiger partial charge in [0.15, 0.2) is 0 Å². The van der Waals surface area contributed by atoms with Crippen LogP contribution in [0.2, 0.25) is 0 Å². The van der Waals surface area contributed by atoms with Crippen molar-refractivity contribution in [3.05, 3.63) is 29.8 Å². The molecule has 0 bridgehead atoms. The van der Waals surface area contributed by atoms with Crippen molar-refractivity contribution in [2.45, 2.75) is 32.6 Å². The molecule has 1 rings (SSSR count). The van der Waals surface area contributed by atoms with Crippen molar-refractivity contribution >= 4 is 11.6 Å². The predicted molar refractivity (Wildman–Crippen MR) is 83.0 cm³/mol. The van der Waals surface area contributed by atoms with Crippen molar-refractivity contribution < 1.29 is 9.53 Å². The molecule has 112 valence electrons. The molecule has 4 heteroatoms. The van der Waals surface area contributed by atoms with E-state index >= 15 is 0 Å². The molecule has 0 aromatic heterocycles. The van der Waals surface area contributed by atoms with Gasteiger partial charge in [-0.2, -0.15) is 0 Å². The van der Waals surface area contributed by atoms with Crippen LogP contribution in [0.25, 0.3) is 0 Å². The fourth-order valence-electron chi connectivity index (χ4n) is 2.06. The summed E-state index contributed by atoms with van der Waals surface area (Å²) < 4.78 is 5.05. The van der Waals surface area contributed by atoms with Crippen molar-refractivity contribution in [1.29, 1.82) is 0 Å². The largest absolute Gasteiger partial charge is 0.385 e.